The van der Waals surface area contributed by atoms with E-state index in [1.165, 1.54) is 5.56 Å². The van der Waals surface area contributed by atoms with E-state index >= 15 is 0 Å². The number of aliphatic imine (C=N–C) groups is 1. The molecule has 1 unspecified atom stereocenters. The predicted octanol–water partition coefficient (Wildman–Crippen LogP) is 2.98. The molecule has 1 aromatic heterocycles. The van der Waals surface area contributed by atoms with Crippen LogP contribution in [0.15, 0.2) is 66.0 Å². The van der Waals surface area contributed by atoms with Crippen LogP contribution in [0.25, 0.3) is 11.3 Å². The zero-order valence-electron chi connectivity index (χ0n) is 15.9. The fraction of sp³-hybridized carbons (Fsp3) is 0.143. The van der Waals surface area contributed by atoms with E-state index in [9.17, 15) is 4.79 Å². The van der Waals surface area contributed by atoms with E-state index in [-0.39, 0.29) is 17.9 Å². The lowest BCUT2D eigenvalue weighted by Gasteiger charge is -2.16. The van der Waals surface area contributed by atoms with Crippen LogP contribution in [0.2, 0.25) is 0 Å². The predicted molar refractivity (Wildman–Crippen MR) is 113 cm³/mol. The summed E-state index contributed by atoms with van der Waals surface area (Å²) in [4.78, 5) is 20.5. The van der Waals surface area contributed by atoms with Gasteiger partial charge in [-0.25, -0.2) is 14.8 Å². The minimum Gasteiger partial charge on any atom is -0.387 e. The summed E-state index contributed by atoms with van der Waals surface area (Å²) in [6.07, 6.45) is 3.63. The molecular formula is C21H21N7O. The number of fused-ring (bicyclic) bond motifs is 3. The normalized spacial score (nSPS) is 14.8. The van der Waals surface area contributed by atoms with Crippen molar-refractivity contribution in [1.29, 1.82) is 5.41 Å². The minimum absolute atomic E-state index is 0.00895. The number of amidine groups is 2. The number of hydrogen-bond donors (Lipinski definition) is 4. The van der Waals surface area contributed by atoms with Crippen molar-refractivity contribution in [1.82, 2.24) is 14.9 Å². The Hall–Kier alpha value is -3.94. The van der Waals surface area contributed by atoms with Crippen LogP contribution in [-0.4, -0.2) is 33.8 Å². The molecule has 2 aromatic carbocycles. The van der Waals surface area contributed by atoms with Gasteiger partial charge in [0.05, 0.1) is 30.1 Å². The number of aromatic nitrogens is 2. The molecule has 146 valence electrons. The number of amides is 2. The SMILES string of the molecule is CC(N)=NC(=N)c1ccc(NC(=O)NCC2c3ccccc3-c3cncn32)cc1. The number of rotatable bonds is 4. The number of urea groups is 1. The van der Waals surface area contributed by atoms with Crippen molar-refractivity contribution in [2.24, 2.45) is 10.7 Å². The van der Waals surface area contributed by atoms with Gasteiger partial charge in [0.25, 0.3) is 0 Å². The van der Waals surface area contributed by atoms with Crippen molar-refractivity contribution in [3.8, 4) is 11.3 Å². The Labute approximate surface area is 168 Å². The second-order valence-corrected chi connectivity index (χ2v) is 6.80. The maximum Gasteiger partial charge on any atom is 0.319 e. The minimum atomic E-state index is -0.297. The van der Waals surface area contributed by atoms with Crippen LogP contribution in [0.3, 0.4) is 0 Å². The number of carbonyl (C=O) groups excluding carboxylic acids is 1. The Morgan fingerprint density at radius 3 is 2.76 bits per heavy atom. The van der Waals surface area contributed by atoms with Crippen molar-refractivity contribution in [3.05, 3.63) is 72.2 Å². The maximum atomic E-state index is 12.4. The van der Waals surface area contributed by atoms with Gasteiger partial charge in [-0.15, -0.1) is 0 Å². The van der Waals surface area contributed by atoms with E-state index in [0.29, 0.717) is 23.6 Å². The summed E-state index contributed by atoms with van der Waals surface area (Å²) in [7, 11) is 0. The Balaban J connectivity index is 1.39. The number of nitrogens with one attached hydrogen (secondary N) is 3. The first-order valence-corrected chi connectivity index (χ1v) is 9.18. The zero-order valence-corrected chi connectivity index (χ0v) is 15.9. The highest BCUT2D eigenvalue weighted by molar-refractivity contribution is 6.04. The molecule has 0 fully saturated rings. The quantitative estimate of drug-likeness (QED) is 0.407. The van der Waals surface area contributed by atoms with Crippen molar-refractivity contribution < 1.29 is 4.79 Å². The molecule has 5 N–H and O–H groups in total. The number of carbonyl (C=O) groups is 1. The average molecular weight is 387 g/mol. The summed E-state index contributed by atoms with van der Waals surface area (Å²) in [5.41, 5.74) is 10.1. The fourth-order valence-corrected chi connectivity index (χ4v) is 3.46. The topological polar surface area (TPSA) is 121 Å². The van der Waals surface area contributed by atoms with Gasteiger partial charge in [0.15, 0.2) is 5.84 Å². The third-order valence-corrected chi connectivity index (χ3v) is 4.76. The summed E-state index contributed by atoms with van der Waals surface area (Å²) >= 11 is 0. The average Bonchev–Trinajstić information content (AvgIpc) is 3.28. The summed E-state index contributed by atoms with van der Waals surface area (Å²) in [6, 6.07) is 14.7. The second kappa shape index (κ2) is 7.59. The highest BCUT2D eigenvalue weighted by Gasteiger charge is 2.28. The van der Waals surface area contributed by atoms with Crippen molar-refractivity contribution in [3.63, 3.8) is 0 Å². The molecule has 0 spiro atoms. The number of nitrogens with zero attached hydrogens (tertiary/aromatic N) is 3. The van der Waals surface area contributed by atoms with Crippen LogP contribution in [0, 0.1) is 5.41 Å². The van der Waals surface area contributed by atoms with Gasteiger partial charge in [0.1, 0.15) is 0 Å². The Kier molecular flexibility index (Phi) is 4.82. The molecule has 3 aromatic rings. The van der Waals surface area contributed by atoms with Crippen molar-refractivity contribution in [2.75, 3.05) is 11.9 Å². The molecule has 1 atom stereocenters. The van der Waals surface area contributed by atoms with Gasteiger partial charge in [-0.1, -0.05) is 24.3 Å². The van der Waals surface area contributed by atoms with Crippen LogP contribution in [0.4, 0.5) is 10.5 Å². The van der Waals surface area contributed by atoms with Crippen LogP contribution in [0.1, 0.15) is 24.1 Å². The summed E-state index contributed by atoms with van der Waals surface area (Å²) in [5.74, 6) is 0.406. The van der Waals surface area contributed by atoms with Crippen LogP contribution < -0.4 is 16.4 Å². The molecule has 1 aliphatic heterocycles. The van der Waals surface area contributed by atoms with E-state index in [4.69, 9.17) is 11.1 Å². The number of anilines is 1. The first-order valence-electron chi connectivity index (χ1n) is 9.18. The summed E-state index contributed by atoms with van der Waals surface area (Å²) < 4.78 is 2.07. The lowest BCUT2D eigenvalue weighted by Crippen LogP contribution is -2.33. The van der Waals surface area contributed by atoms with E-state index in [2.05, 4.69) is 37.3 Å². The molecule has 2 amide bonds. The lowest BCUT2D eigenvalue weighted by molar-refractivity contribution is 0.251. The van der Waals surface area contributed by atoms with Gasteiger partial charge >= 0.3 is 6.03 Å². The zero-order chi connectivity index (χ0) is 20.4. The first-order chi connectivity index (χ1) is 14.0. The van der Waals surface area contributed by atoms with Gasteiger partial charge < -0.3 is 20.9 Å². The van der Waals surface area contributed by atoms with E-state index < -0.39 is 0 Å². The first kappa shape index (κ1) is 18.4. The number of nitrogens with two attached hydrogens (primary N) is 1. The monoisotopic (exact) mass is 387 g/mol. The molecule has 8 nitrogen and oxygen atoms in total. The molecule has 0 radical (unpaired) electrons. The van der Waals surface area contributed by atoms with E-state index in [0.717, 1.165) is 11.3 Å². The van der Waals surface area contributed by atoms with Crippen LogP contribution >= 0.6 is 0 Å². The Morgan fingerprint density at radius 1 is 1.24 bits per heavy atom. The molecule has 1 aliphatic rings. The molecule has 4 rings (SSSR count). The maximum absolute atomic E-state index is 12.4. The Bertz CT molecular complexity index is 1090. The lowest BCUT2D eigenvalue weighted by atomic mass is 10.0. The number of imidazole rings is 1. The van der Waals surface area contributed by atoms with Gasteiger partial charge in [-0.05, 0) is 36.8 Å². The molecule has 0 bridgehead atoms. The molecule has 29 heavy (non-hydrogen) atoms. The molecule has 0 saturated carbocycles. The van der Waals surface area contributed by atoms with Gasteiger partial charge in [-0.3, -0.25) is 5.41 Å². The number of hydrogen-bond acceptors (Lipinski definition) is 3. The van der Waals surface area contributed by atoms with Crippen LogP contribution in [-0.2, 0) is 0 Å². The smallest absolute Gasteiger partial charge is 0.319 e. The van der Waals surface area contributed by atoms with E-state index in [1.54, 1.807) is 37.5 Å². The van der Waals surface area contributed by atoms with Gasteiger partial charge in [0, 0.05) is 23.4 Å². The van der Waals surface area contributed by atoms with Crippen molar-refractivity contribution >= 4 is 23.4 Å². The summed E-state index contributed by atoms with van der Waals surface area (Å²) in [5, 5.41) is 13.6. The van der Waals surface area contributed by atoms with Gasteiger partial charge in [0.2, 0.25) is 0 Å². The molecule has 8 heteroatoms. The highest BCUT2D eigenvalue weighted by atomic mass is 16.2. The third kappa shape index (κ3) is 3.73. The van der Waals surface area contributed by atoms with Crippen molar-refractivity contribution in [2.45, 2.75) is 13.0 Å². The Morgan fingerprint density at radius 2 is 2.00 bits per heavy atom. The molecular weight excluding hydrogens is 366 g/mol. The fourth-order valence-electron chi connectivity index (χ4n) is 3.46. The van der Waals surface area contributed by atoms with E-state index in [1.807, 2.05) is 18.3 Å². The van der Waals surface area contributed by atoms with Gasteiger partial charge in [-0.2, -0.15) is 0 Å². The summed E-state index contributed by atoms with van der Waals surface area (Å²) in [6.45, 7) is 2.07. The van der Waals surface area contributed by atoms with Crippen LogP contribution in [0.5, 0.6) is 0 Å². The molecule has 2 heterocycles. The third-order valence-electron chi connectivity index (χ3n) is 4.76. The molecule has 0 saturated heterocycles. The highest BCUT2D eigenvalue weighted by Crippen LogP contribution is 2.38. The standard InChI is InChI=1S/C21H21N7O/c1-13(22)26-20(23)14-6-8-15(9-7-14)27-21(29)25-11-19-17-5-3-2-4-16(17)18-10-24-12-28(18)19/h2-10,12,19H,11H2,1H3,(H3,22,23,26)(H2,25,27,29). The largest absolute Gasteiger partial charge is 0.387 e. The number of benzene rings is 2. The molecule has 0 aliphatic carbocycles. The second-order valence-electron chi connectivity index (χ2n) is 6.80.